The first-order valence-corrected chi connectivity index (χ1v) is 13.1. The molecule has 4 aliphatic carbocycles. The van der Waals surface area contributed by atoms with Gasteiger partial charge in [-0.15, -0.1) is 0 Å². The summed E-state index contributed by atoms with van der Waals surface area (Å²) in [4.78, 5) is 0. The lowest BCUT2D eigenvalue weighted by atomic mass is 9.64. The fraction of sp³-hybridized carbons (Fsp3) is 0.714. The second-order valence-corrected chi connectivity index (χ2v) is 10.4. The standard InChI is InChI=1S/C28H38F4O2/c1-3-5-17-6-8-20-15-18(7-9-19(20)14-17)16-34-24-13-11-22(26(30)28(24)32)21-10-12-23(33-4-2)27(31)25(21)29/h10-13,17-20,25-28H,3-9,14-16H2,1-2H3. The normalized spacial score (nSPS) is 38.2. The van der Waals surface area contributed by atoms with Gasteiger partial charge in [-0.1, -0.05) is 38.3 Å². The molecular formula is C28H38F4O2. The molecule has 6 heteroatoms. The lowest BCUT2D eigenvalue weighted by molar-refractivity contribution is 0.0421. The van der Waals surface area contributed by atoms with Gasteiger partial charge < -0.3 is 9.47 Å². The van der Waals surface area contributed by atoms with E-state index in [1.54, 1.807) is 6.92 Å². The number of alkyl halides is 4. The highest BCUT2D eigenvalue weighted by molar-refractivity contribution is 5.49. The third kappa shape index (κ3) is 5.41. The van der Waals surface area contributed by atoms with Gasteiger partial charge in [0.2, 0.25) is 0 Å². The summed E-state index contributed by atoms with van der Waals surface area (Å²) in [6, 6.07) is 0. The molecule has 0 radical (unpaired) electrons. The molecule has 0 bridgehead atoms. The molecule has 0 spiro atoms. The Labute approximate surface area is 201 Å². The minimum atomic E-state index is -2.10. The van der Waals surface area contributed by atoms with E-state index in [9.17, 15) is 17.6 Å². The van der Waals surface area contributed by atoms with Crippen LogP contribution in [0.4, 0.5) is 17.6 Å². The molecule has 8 unspecified atom stereocenters. The van der Waals surface area contributed by atoms with Gasteiger partial charge in [0, 0.05) is 0 Å². The molecule has 2 saturated carbocycles. The van der Waals surface area contributed by atoms with Crippen molar-refractivity contribution >= 4 is 0 Å². The number of hydrogen-bond donors (Lipinski definition) is 0. The summed E-state index contributed by atoms with van der Waals surface area (Å²) < 4.78 is 69.7. The number of allylic oxidation sites excluding steroid dienone is 8. The van der Waals surface area contributed by atoms with Gasteiger partial charge in [0.05, 0.1) is 13.2 Å². The minimum absolute atomic E-state index is 0.0563. The van der Waals surface area contributed by atoms with E-state index in [-0.39, 0.29) is 29.3 Å². The van der Waals surface area contributed by atoms with Crippen LogP contribution in [-0.4, -0.2) is 37.9 Å². The fourth-order valence-corrected chi connectivity index (χ4v) is 6.37. The van der Waals surface area contributed by atoms with E-state index >= 15 is 0 Å². The second kappa shape index (κ2) is 11.3. The second-order valence-electron chi connectivity index (χ2n) is 10.4. The summed E-state index contributed by atoms with van der Waals surface area (Å²) in [5.74, 6) is 2.57. The summed E-state index contributed by atoms with van der Waals surface area (Å²) in [6.07, 6.45) is 6.90. The van der Waals surface area contributed by atoms with Crippen LogP contribution in [0.1, 0.15) is 65.2 Å². The van der Waals surface area contributed by atoms with Crippen LogP contribution in [0.5, 0.6) is 0 Å². The zero-order valence-electron chi connectivity index (χ0n) is 20.3. The van der Waals surface area contributed by atoms with Crippen LogP contribution in [0.25, 0.3) is 0 Å². The first-order chi connectivity index (χ1) is 16.4. The zero-order valence-corrected chi connectivity index (χ0v) is 20.3. The number of ether oxygens (including phenoxy) is 2. The van der Waals surface area contributed by atoms with Crippen LogP contribution >= 0.6 is 0 Å². The van der Waals surface area contributed by atoms with Gasteiger partial charge in [0.15, 0.2) is 24.7 Å². The summed E-state index contributed by atoms with van der Waals surface area (Å²) in [5.41, 5.74) is -0.357. The Hall–Kier alpha value is -1.72. The van der Waals surface area contributed by atoms with E-state index in [2.05, 4.69) is 6.92 Å². The van der Waals surface area contributed by atoms with Crippen molar-refractivity contribution in [2.24, 2.45) is 23.7 Å². The Bertz CT molecular complexity index is 832. The van der Waals surface area contributed by atoms with Crippen molar-refractivity contribution in [2.45, 2.75) is 89.9 Å². The van der Waals surface area contributed by atoms with Crippen LogP contribution in [0.3, 0.4) is 0 Å². The molecule has 0 amide bonds. The van der Waals surface area contributed by atoms with Crippen molar-refractivity contribution in [3.05, 3.63) is 47.0 Å². The van der Waals surface area contributed by atoms with Crippen molar-refractivity contribution in [2.75, 3.05) is 13.2 Å². The van der Waals surface area contributed by atoms with Gasteiger partial charge in [-0.2, -0.15) is 0 Å². The first-order valence-electron chi connectivity index (χ1n) is 13.1. The van der Waals surface area contributed by atoms with Crippen LogP contribution in [0, 0.1) is 23.7 Å². The molecule has 190 valence electrons. The van der Waals surface area contributed by atoms with Gasteiger partial charge in [0.1, 0.15) is 11.5 Å². The summed E-state index contributed by atoms with van der Waals surface area (Å²) in [5, 5.41) is 0. The molecular weight excluding hydrogens is 444 g/mol. The van der Waals surface area contributed by atoms with E-state index in [0.717, 1.165) is 30.6 Å². The van der Waals surface area contributed by atoms with E-state index in [1.807, 2.05) is 0 Å². The van der Waals surface area contributed by atoms with Crippen molar-refractivity contribution in [3.63, 3.8) is 0 Å². The van der Waals surface area contributed by atoms with Crippen molar-refractivity contribution in [3.8, 4) is 0 Å². The monoisotopic (exact) mass is 482 g/mol. The molecule has 2 nitrogen and oxygen atoms in total. The number of halogens is 4. The third-order valence-electron chi connectivity index (χ3n) is 8.16. The van der Waals surface area contributed by atoms with Crippen molar-refractivity contribution in [1.82, 2.24) is 0 Å². The topological polar surface area (TPSA) is 18.5 Å². The Morgan fingerprint density at radius 1 is 0.676 bits per heavy atom. The Balaban J connectivity index is 1.35. The smallest absolute Gasteiger partial charge is 0.192 e. The van der Waals surface area contributed by atoms with Gasteiger partial charge in [-0.3, -0.25) is 0 Å². The molecule has 8 atom stereocenters. The van der Waals surface area contributed by atoms with Gasteiger partial charge in [-0.05, 0) is 86.0 Å². The van der Waals surface area contributed by atoms with E-state index < -0.39 is 24.7 Å². The maximum absolute atomic E-state index is 15.0. The Morgan fingerprint density at radius 2 is 1.21 bits per heavy atom. The number of hydrogen-bond acceptors (Lipinski definition) is 2. The highest BCUT2D eigenvalue weighted by Crippen LogP contribution is 2.46. The first kappa shape index (κ1) is 25.4. The molecule has 34 heavy (non-hydrogen) atoms. The average Bonchev–Trinajstić information content (AvgIpc) is 2.84. The van der Waals surface area contributed by atoms with Crippen molar-refractivity contribution < 1.29 is 27.0 Å². The maximum atomic E-state index is 15.0. The van der Waals surface area contributed by atoms with Gasteiger partial charge in [-0.25, -0.2) is 17.6 Å². The number of rotatable bonds is 8. The molecule has 4 rings (SSSR count). The molecule has 0 heterocycles. The summed E-state index contributed by atoms with van der Waals surface area (Å²) in [6.45, 7) is 4.51. The molecule has 0 aliphatic heterocycles. The molecule has 0 aromatic rings. The molecule has 0 aromatic heterocycles. The van der Waals surface area contributed by atoms with Gasteiger partial charge >= 0.3 is 0 Å². The maximum Gasteiger partial charge on any atom is 0.192 e. The van der Waals surface area contributed by atoms with Crippen molar-refractivity contribution in [1.29, 1.82) is 0 Å². The average molecular weight is 483 g/mol. The van der Waals surface area contributed by atoms with Crippen LogP contribution < -0.4 is 0 Å². The summed E-state index contributed by atoms with van der Waals surface area (Å²) >= 11 is 0. The predicted octanol–water partition coefficient (Wildman–Crippen LogP) is 7.67. The van der Waals surface area contributed by atoms with Crippen LogP contribution in [0.15, 0.2) is 47.0 Å². The lowest BCUT2D eigenvalue weighted by Crippen LogP contribution is -2.34. The molecule has 0 aromatic carbocycles. The minimum Gasteiger partial charge on any atom is -0.495 e. The Morgan fingerprint density at radius 3 is 1.76 bits per heavy atom. The van der Waals surface area contributed by atoms with E-state index in [4.69, 9.17) is 9.47 Å². The van der Waals surface area contributed by atoms with E-state index in [0.29, 0.717) is 12.5 Å². The van der Waals surface area contributed by atoms with E-state index in [1.165, 1.54) is 62.8 Å². The molecule has 4 aliphatic rings. The zero-order chi connectivity index (χ0) is 24.2. The molecule has 2 fully saturated rings. The van der Waals surface area contributed by atoms with Gasteiger partial charge in [0.25, 0.3) is 0 Å². The number of fused-ring (bicyclic) bond motifs is 1. The molecule has 0 N–H and O–H groups in total. The SMILES string of the molecule is CCCC1CCC2CC(COC3=CC=C(C4=CC=C(OCC)C(F)C4F)C(F)C3F)CCC2C1. The molecule has 0 saturated heterocycles. The summed E-state index contributed by atoms with van der Waals surface area (Å²) in [7, 11) is 0. The third-order valence-corrected chi connectivity index (χ3v) is 8.16. The highest BCUT2D eigenvalue weighted by Gasteiger charge is 2.41. The Kier molecular flexibility index (Phi) is 8.47. The largest absolute Gasteiger partial charge is 0.495 e. The fourth-order valence-electron chi connectivity index (χ4n) is 6.37. The predicted molar refractivity (Wildman–Crippen MR) is 126 cm³/mol. The van der Waals surface area contributed by atoms with Crippen LogP contribution in [-0.2, 0) is 9.47 Å². The highest BCUT2D eigenvalue weighted by atomic mass is 19.2. The quantitative estimate of drug-likeness (QED) is 0.331. The lowest BCUT2D eigenvalue weighted by Gasteiger charge is -2.42. The van der Waals surface area contributed by atoms with Crippen LogP contribution in [0.2, 0.25) is 0 Å².